The van der Waals surface area contributed by atoms with E-state index in [1.165, 1.54) is 6.20 Å². The van der Waals surface area contributed by atoms with Gasteiger partial charge in [-0.05, 0) is 18.4 Å². The van der Waals surface area contributed by atoms with Crippen LogP contribution in [-0.2, 0) is 0 Å². The molecular formula is C13H18ClN3. The highest BCUT2D eigenvalue weighted by molar-refractivity contribution is 6.31. The average molecular weight is 252 g/mol. The van der Waals surface area contributed by atoms with E-state index in [0.717, 1.165) is 30.6 Å². The number of rotatable bonds is 5. The highest BCUT2D eigenvalue weighted by Gasteiger charge is 2.11. The summed E-state index contributed by atoms with van der Waals surface area (Å²) in [6.45, 7) is 7.10. The third-order valence-corrected chi connectivity index (χ3v) is 3.49. The van der Waals surface area contributed by atoms with Crippen molar-refractivity contribution < 1.29 is 0 Å². The monoisotopic (exact) mass is 251 g/mol. The molecule has 1 N–H and O–H groups in total. The second-order valence-electron chi connectivity index (χ2n) is 4.13. The van der Waals surface area contributed by atoms with E-state index in [1.54, 1.807) is 0 Å². The van der Waals surface area contributed by atoms with Crippen LogP contribution in [0.4, 0.5) is 5.69 Å². The van der Waals surface area contributed by atoms with E-state index in [-0.39, 0.29) is 0 Å². The number of nitrogens with one attached hydrogen (secondary N) is 1. The topological polar surface area (TPSA) is 48.7 Å². The molecule has 0 atom stereocenters. The van der Waals surface area contributed by atoms with E-state index in [0.29, 0.717) is 16.6 Å². The van der Waals surface area contributed by atoms with Crippen molar-refractivity contribution in [3.8, 4) is 6.07 Å². The van der Waals surface area contributed by atoms with Crippen LogP contribution in [0.5, 0.6) is 0 Å². The minimum absolute atomic E-state index is 0.415. The van der Waals surface area contributed by atoms with Crippen LogP contribution in [0.3, 0.4) is 0 Å². The van der Waals surface area contributed by atoms with E-state index in [1.807, 2.05) is 6.92 Å². The van der Waals surface area contributed by atoms with Crippen LogP contribution < -0.4 is 5.32 Å². The molecule has 0 aliphatic heterocycles. The summed E-state index contributed by atoms with van der Waals surface area (Å²) in [5, 5.41) is 12.9. The summed E-state index contributed by atoms with van der Waals surface area (Å²) in [6, 6.07) is 2.09. The van der Waals surface area contributed by atoms with E-state index in [9.17, 15) is 0 Å². The van der Waals surface area contributed by atoms with Gasteiger partial charge in [0.2, 0.25) is 0 Å². The van der Waals surface area contributed by atoms with Crippen molar-refractivity contribution in [2.75, 3.05) is 11.9 Å². The van der Waals surface area contributed by atoms with Gasteiger partial charge in [0.15, 0.2) is 5.69 Å². The molecule has 1 heterocycles. The molecular weight excluding hydrogens is 234 g/mol. The highest BCUT2D eigenvalue weighted by atomic mass is 35.5. The Kier molecular flexibility index (Phi) is 5.24. The van der Waals surface area contributed by atoms with Gasteiger partial charge in [-0.2, -0.15) is 5.26 Å². The molecule has 0 aliphatic rings. The number of aromatic nitrogens is 1. The van der Waals surface area contributed by atoms with Crippen molar-refractivity contribution in [1.82, 2.24) is 4.98 Å². The zero-order valence-electron chi connectivity index (χ0n) is 10.5. The van der Waals surface area contributed by atoms with Crippen LogP contribution in [0.2, 0.25) is 5.02 Å². The minimum Gasteiger partial charge on any atom is -0.382 e. The lowest BCUT2D eigenvalue weighted by Gasteiger charge is -2.16. The van der Waals surface area contributed by atoms with E-state index in [4.69, 9.17) is 16.9 Å². The molecule has 92 valence electrons. The Labute approximate surface area is 108 Å². The molecule has 0 radical (unpaired) electrons. The van der Waals surface area contributed by atoms with Crippen LogP contribution >= 0.6 is 11.6 Å². The number of pyridine rings is 1. The molecule has 0 amide bonds. The van der Waals surface area contributed by atoms with Gasteiger partial charge in [-0.15, -0.1) is 0 Å². The van der Waals surface area contributed by atoms with E-state index in [2.05, 4.69) is 30.2 Å². The summed E-state index contributed by atoms with van der Waals surface area (Å²) in [7, 11) is 0. The standard InChI is InChI=1S/C13H18ClN3/c1-4-10(5-2)7-17-13-9(3)11(14)8-16-12(13)6-15/h8,10,17H,4-5,7H2,1-3H3. The van der Waals surface area contributed by atoms with Crippen molar-refractivity contribution in [2.45, 2.75) is 33.6 Å². The predicted molar refractivity (Wildman–Crippen MR) is 71.3 cm³/mol. The number of hydrogen-bond acceptors (Lipinski definition) is 3. The fourth-order valence-electron chi connectivity index (χ4n) is 1.70. The Morgan fingerprint density at radius 2 is 2.12 bits per heavy atom. The lowest BCUT2D eigenvalue weighted by atomic mass is 10.0. The summed E-state index contributed by atoms with van der Waals surface area (Å²) in [6.07, 6.45) is 3.77. The van der Waals surface area contributed by atoms with Gasteiger partial charge in [-0.1, -0.05) is 38.3 Å². The first-order valence-electron chi connectivity index (χ1n) is 5.93. The van der Waals surface area contributed by atoms with E-state index >= 15 is 0 Å². The maximum Gasteiger partial charge on any atom is 0.163 e. The molecule has 0 bridgehead atoms. The molecule has 0 aliphatic carbocycles. The summed E-state index contributed by atoms with van der Waals surface area (Å²) in [5.41, 5.74) is 2.08. The first-order valence-corrected chi connectivity index (χ1v) is 6.30. The van der Waals surface area contributed by atoms with Gasteiger partial charge in [0, 0.05) is 12.7 Å². The Balaban J connectivity index is 2.90. The van der Waals surface area contributed by atoms with Crippen molar-refractivity contribution in [3.05, 3.63) is 22.5 Å². The van der Waals surface area contributed by atoms with Gasteiger partial charge < -0.3 is 5.32 Å². The van der Waals surface area contributed by atoms with Crippen molar-refractivity contribution in [2.24, 2.45) is 5.92 Å². The van der Waals surface area contributed by atoms with Crippen molar-refractivity contribution >= 4 is 17.3 Å². The second-order valence-corrected chi connectivity index (χ2v) is 4.54. The third-order valence-electron chi connectivity index (χ3n) is 3.11. The molecule has 1 aromatic rings. The van der Waals surface area contributed by atoms with Crippen molar-refractivity contribution in [1.29, 1.82) is 5.26 Å². The molecule has 0 unspecified atom stereocenters. The first-order chi connectivity index (χ1) is 8.13. The fourth-order valence-corrected chi connectivity index (χ4v) is 1.85. The van der Waals surface area contributed by atoms with Gasteiger partial charge in [-0.3, -0.25) is 0 Å². The largest absolute Gasteiger partial charge is 0.382 e. The van der Waals surface area contributed by atoms with Crippen molar-refractivity contribution in [3.63, 3.8) is 0 Å². The Bertz CT molecular complexity index is 419. The van der Waals surface area contributed by atoms with Crippen LogP contribution in [0.15, 0.2) is 6.20 Å². The zero-order chi connectivity index (χ0) is 12.8. The normalized spacial score (nSPS) is 10.4. The molecule has 0 saturated heterocycles. The number of halogens is 1. The number of nitrogens with zero attached hydrogens (tertiary/aromatic N) is 2. The molecule has 1 rings (SSSR count). The van der Waals surface area contributed by atoms with Crippen LogP contribution in [0.25, 0.3) is 0 Å². The second kappa shape index (κ2) is 6.46. The Morgan fingerprint density at radius 1 is 1.47 bits per heavy atom. The van der Waals surface area contributed by atoms with Crippen LogP contribution in [0, 0.1) is 24.2 Å². The summed E-state index contributed by atoms with van der Waals surface area (Å²) < 4.78 is 0. The summed E-state index contributed by atoms with van der Waals surface area (Å²) in [5.74, 6) is 0.611. The van der Waals surface area contributed by atoms with Gasteiger partial charge in [0.25, 0.3) is 0 Å². The molecule has 0 saturated carbocycles. The van der Waals surface area contributed by atoms with Gasteiger partial charge in [0.1, 0.15) is 6.07 Å². The van der Waals surface area contributed by atoms with Gasteiger partial charge in [0.05, 0.1) is 10.7 Å². The Hall–Kier alpha value is -1.27. The zero-order valence-corrected chi connectivity index (χ0v) is 11.3. The Morgan fingerprint density at radius 3 is 2.65 bits per heavy atom. The highest BCUT2D eigenvalue weighted by Crippen LogP contribution is 2.25. The summed E-state index contributed by atoms with van der Waals surface area (Å²) in [4.78, 5) is 4.03. The third kappa shape index (κ3) is 3.34. The lowest BCUT2D eigenvalue weighted by molar-refractivity contribution is 0.519. The molecule has 3 nitrogen and oxygen atoms in total. The molecule has 4 heteroatoms. The lowest BCUT2D eigenvalue weighted by Crippen LogP contribution is -2.14. The quantitative estimate of drug-likeness (QED) is 0.867. The maximum absolute atomic E-state index is 9.02. The fraction of sp³-hybridized carbons (Fsp3) is 0.538. The maximum atomic E-state index is 9.02. The van der Waals surface area contributed by atoms with Crippen LogP contribution in [0.1, 0.15) is 37.9 Å². The van der Waals surface area contributed by atoms with Crippen LogP contribution in [-0.4, -0.2) is 11.5 Å². The average Bonchev–Trinajstić information content (AvgIpc) is 2.35. The van der Waals surface area contributed by atoms with Gasteiger partial charge in [-0.25, -0.2) is 4.98 Å². The number of hydrogen-bond donors (Lipinski definition) is 1. The summed E-state index contributed by atoms with van der Waals surface area (Å²) >= 11 is 6.01. The van der Waals surface area contributed by atoms with E-state index < -0.39 is 0 Å². The SMILES string of the molecule is CCC(CC)CNc1c(C#N)ncc(Cl)c1C. The first kappa shape index (κ1) is 13.8. The van der Waals surface area contributed by atoms with Gasteiger partial charge >= 0.3 is 0 Å². The molecule has 0 fully saturated rings. The number of anilines is 1. The molecule has 0 spiro atoms. The predicted octanol–water partition coefficient (Wildman–Crippen LogP) is 3.76. The molecule has 17 heavy (non-hydrogen) atoms. The smallest absolute Gasteiger partial charge is 0.163 e. The number of nitriles is 1. The minimum atomic E-state index is 0.415. The molecule has 0 aromatic carbocycles. The molecule has 1 aromatic heterocycles.